The number of aromatic nitrogens is 1. The molecule has 0 unspecified atom stereocenters. The minimum Gasteiger partial charge on any atom is -0.353 e. The van der Waals surface area contributed by atoms with E-state index in [-0.39, 0.29) is 11.9 Å². The Morgan fingerprint density at radius 2 is 1.72 bits per heavy atom. The van der Waals surface area contributed by atoms with Crippen LogP contribution in [0.1, 0.15) is 32.7 Å². The Morgan fingerprint density at radius 3 is 2.34 bits per heavy atom. The summed E-state index contributed by atoms with van der Waals surface area (Å²) >= 11 is 0. The molecule has 2 aliphatic rings. The molecule has 2 aromatic rings. The van der Waals surface area contributed by atoms with E-state index in [2.05, 4.69) is 30.9 Å². The molecule has 0 atom stereocenters. The zero-order valence-corrected chi connectivity index (χ0v) is 19.1. The van der Waals surface area contributed by atoms with E-state index in [4.69, 9.17) is 4.98 Å². The van der Waals surface area contributed by atoms with Gasteiger partial charge >= 0.3 is 6.03 Å². The third-order valence-electron chi connectivity index (χ3n) is 6.38. The fourth-order valence-corrected chi connectivity index (χ4v) is 4.31. The minimum atomic E-state index is -0.151. The van der Waals surface area contributed by atoms with Crippen molar-refractivity contribution in [2.24, 2.45) is 0 Å². The zero-order valence-electron chi connectivity index (χ0n) is 19.1. The lowest BCUT2D eigenvalue weighted by Crippen LogP contribution is -2.49. The summed E-state index contributed by atoms with van der Waals surface area (Å²) < 4.78 is 0. The topological polar surface area (TPSA) is 83.8 Å². The third-order valence-corrected chi connectivity index (χ3v) is 6.38. The first-order valence-electron chi connectivity index (χ1n) is 10.9. The molecule has 166 valence electrons. The summed E-state index contributed by atoms with van der Waals surface area (Å²) in [6.07, 6.45) is 0. The zero-order chi connectivity index (χ0) is 23.0. The number of anilines is 2. The SMILES string of the molecule is Cc1cc(C)c(N2CCN(C(=O)c3ccc(N4CCN(C)C4=O)cc3C#N)CC2)nc1C. The Labute approximate surface area is 188 Å². The predicted octanol–water partition coefficient (Wildman–Crippen LogP) is 2.71. The second-order valence-electron chi connectivity index (χ2n) is 8.51. The Hall–Kier alpha value is -3.60. The monoisotopic (exact) mass is 432 g/mol. The molecule has 0 saturated carbocycles. The lowest BCUT2D eigenvalue weighted by Gasteiger charge is -2.36. The molecule has 0 bridgehead atoms. The van der Waals surface area contributed by atoms with Crippen molar-refractivity contribution >= 4 is 23.4 Å². The van der Waals surface area contributed by atoms with Crippen molar-refractivity contribution < 1.29 is 9.59 Å². The summed E-state index contributed by atoms with van der Waals surface area (Å²) in [6.45, 7) is 9.86. The Kier molecular flexibility index (Phi) is 5.74. The second kappa shape index (κ2) is 8.50. The number of hydrogen-bond donors (Lipinski definition) is 0. The van der Waals surface area contributed by atoms with Gasteiger partial charge in [-0.3, -0.25) is 9.69 Å². The second-order valence-corrected chi connectivity index (χ2v) is 8.51. The quantitative estimate of drug-likeness (QED) is 0.745. The van der Waals surface area contributed by atoms with E-state index in [9.17, 15) is 14.9 Å². The molecule has 3 heterocycles. The van der Waals surface area contributed by atoms with Crippen molar-refractivity contribution in [3.8, 4) is 6.07 Å². The molecular weight excluding hydrogens is 404 g/mol. The Bertz CT molecular complexity index is 1110. The molecule has 0 N–H and O–H groups in total. The number of hydrogen-bond acceptors (Lipinski definition) is 5. The van der Waals surface area contributed by atoms with Crippen LogP contribution in [0.5, 0.6) is 0 Å². The minimum absolute atomic E-state index is 0.0978. The van der Waals surface area contributed by atoms with Gasteiger partial charge in [-0.2, -0.15) is 5.26 Å². The molecule has 4 rings (SSSR count). The largest absolute Gasteiger partial charge is 0.353 e. The molecule has 0 radical (unpaired) electrons. The molecule has 8 nitrogen and oxygen atoms in total. The number of nitrogens with zero attached hydrogens (tertiary/aromatic N) is 6. The molecule has 2 saturated heterocycles. The first kappa shape index (κ1) is 21.6. The van der Waals surface area contributed by atoms with Crippen molar-refractivity contribution in [3.05, 3.63) is 52.2 Å². The number of carbonyl (C=O) groups excluding carboxylic acids is 2. The number of nitriles is 1. The van der Waals surface area contributed by atoms with Gasteiger partial charge in [-0.05, 0) is 50.1 Å². The summed E-state index contributed by atoms with van der Waals surface area (Å²) in [4.78, 5) is 37.5. The van der Waals surface area contributed by atoms with Gasteiger partial charge in [0.2, 0.25) is 0 Å². The highest BCUT2D eigenvalue weighted by Gasteiger charge is 2.29. The van der Waals surface area contributed by atoms with Crippen LogP contribution < -0.4 is 9.80 Å². The van der Waals surface area contributed by atoms with E-state index in [1.54, 1.807) is 39.9 Å². The average molecular weight is 433 g/mol. The maximum absolute atomic E-state index is 13.2. The van der Waals surface area contributed by atoms with Crippen molar-refractivity contribution in [2.75, 3.05) is 56.1 Å². The molecule has 0 spiro atoms. The van der Waals surface area contributed by atoms with Crippen molar-refractivity contribution in [1.29, 1.82) is 5.26 Å². The Balaban J connectivity index is 1.48. The van der Waals surface area contributed by atoms with E-state index in [1.165, 1.54) is 5.56 Å². The van der Waals surface area contributed by atoms with E-state index in [0.29, 0.717) is 56.1 Å². The third kappa shape index (κ3) is 3.86. The molecule has 2 aliphatic heterocycles. The lowest BCUT2D eigenvalue weighted by atomic mass is 10.0. The van der Waals surface area contributed by atoms with E-state index >= 15 is 0 Å². The Morgan fingerprint density at radius 1 is 1.00 bits per heavy atom. The van der Waals surface area contributed by atoms with Gasteiger partial charge in [-0.25, -0.2) is 9.78 Å². The highest BCUT2D eigenvalue weighted by molar-refractivity contribution is 5.99. The molecule has 1 aromatic heterocycles. The molecular formula is C24H28N6O2. The fourth-order valence-electron chi connectivity index (χ4n) is 4.31. The van der Waals surface area contributed by atoms with Crippen LogP contribution in [0, 0.1) is 32.1 Å². The van der Waals surface area contributed by atoms with Crippen molar-refractivity contribution in [3.63, 3.8) is 0 Å². The first-order valence-corrected chi connectivity index (χ1v) is 10.9. The molecule has 0 aliphatic carbocycles. The summed E-state index contributed by atoms with van der Waals surface area (Å²) in [7, 11) is 1.75. The van der Waals surface area contributed by atoms with Gasteiger partial charge in [0.25, 0.3) is 5.91 Å². The smallest absolute Gasteiger partial charge is 0.324 e. The molecule has 8 heteroatoms. The number of pyridine rings is 1. The van der Waals surface area contributed by atoms with E-state index < -0.39 is 0 Å². The molecule has 2 fully saturated rings. The number of piperazine rings is 1. The number of rotatable bonds is 3. The number of aryl methyl sites for hydroxylation is 3. The molecule has 3 amide bonds. The molecule has 1 aromatic carbocycles. The van der Waals surface area contributed by atoms with E-state index in [1.807, 2.05) is 6.92 Å². The summed E-state index contributed by atoms with van der Waals surface area (Å²) in [5.74, 6) is 0.824. The fraction of sp³-hybridized carbons (Fsp3) is 0.417. The van der Waals surface area contributed by atoms with Crippen LogP contribution in [-0.2, 0) is 0 Å². The van der Waals surface area contributed by atoms with Gasteiger partial charge in [0, 0.05) is 57.7 Å². The van der Waals surface area contributed by atoms with Gasteiger partial charge in [0.05, 0.1) is 11.1 Å². The number of amides is 3. The first-order chi connectivity index (χ1) is 15.3. The van der Waals surface area contributed by atoms with Crippen LogP contribution in [0.4, 0.5) is 16.3 Å². The van der Waals surface area contributed by atoms with Crippen LogP contribution >= 0.6 is 0 Å². The average Bonchev–Trinajstić information content (AvgIpc) is 3.13. The number of urea groups is 1. The normalized spacial score (nSPS) is 16.5. The van der Waals surface area contributed by atoms with Gasteiger partial charge in [-0.1, -0.05) is 6.07 Å². The van der Waals surface area contributed by atoms with Crippen LogP contribution in [0.15, 0.2) is 24.3 Å². The van der Waals surface area contributed by atoms with Crippen molar-refractivity contribution in [2.45, 2.75) is 20.8 Å². The van der Waals surface area contributed by atoms with E-state index in [0.717, 1.165) is 17.1 Å². The number of benzene rings is 1. The predicted molar refractivity (Wildman–Crippen MR) is 123 cm³/mol. The number of carbonyl (C=O) groups is 2. The van der Waals surface area contributed by atoms with Crippen LogP contribution in [-0.4, -0.2) is 73.0 Å². The number of likely N-dealkylation sites (N-methyl/N-ethyl adjacent to an activating group) is 1. The summed E-state index contributed by atoms with van der Waals surface area (Å²) in [5, 5.41) is 9.67. The van der Waals surface area contributed by atoms with Crippen LogP contribution in [0.2, 0.25) is 0 Å². The van der Waals surface area contributed by atoms with Gasteiger partial charge < -0.3 is 14.7 Å². The van der Waals surface area contributed by atoms with Gasteiger partial charge in [-0.15, -0.1) is 0 Å². The lowest BCUT2D eigenvalue weighted by molar-refractivity contribution is 0.0746. The summed E-state index contributed by atoms with van der Waals surface area (Å²) in [6, 6.07) is 9.26. The van der Waals surface area contributed by atoms with Crippen LogP contribution in [0.25, 0.3) is 0 Å². The van der Waals surface area contributed by atoms with Crippen LogP contribution in [0.3, 0.4) is 0 Å². The molecule has 32 heavy (non-hydrogen) atoms. The van der Waals surface area contributed by atoms with Crippen molar-refractivity contribution in [1.82, 2.24) is 14.8 Å². The maximum atomic E-state index is 13.2. The highest BCUT2D eigenvalue weighted by atomic mass is 16.2. The highest BCUT2D eigenvalue weighted by Crippen LogP contribution is 2.25. The maximum Gasteiger partial charge on any atom is 0.324 e. The summed E-state index contributed by atoms with van der Waals surface area (Å²) in [5.41, 5.74) is 4.65. The standard InChI is InChI=1S/C24H28N6O2/c1-16-13-17(2)22(26-18(16)3)28-8-10-29(11-9-28)23(31)21-6-5-20(14-19(21)15-25)30-12-7-27(4)24(30)32/h5-6,13-14H,7-12H2,1-4H3. The van der Waals surface area contributed by atoms with Gasteiger partial charge in [0.15, 0.2) is 0 Å². The van der Waals surface area contributed by atoms with Gasteiger partial charge in [0.1, 0.15) is 11.9 Å².